The summed E-state index contributed by atoms with van der Waals surface area (Å²) in [6, 6.07) is 8.99. The van der Waals surface area contributed by atoms with Crippen molar-refractivity contribution in [3.63, 3.8) is 0 Å². The molecule has 0 fully saturated rings. The quantitative estimate of drug-likeness (QED) is 0.766. The van der Waals surface area contributed by atoms with Gasteiger partial charge in [0.05, 0.1) is 16.3 Å². The van der Waals surface area contributed by atoms with E-state index in [1.807, 2.05) is 31.2 Å². The van der Waals surface area contributed by atoms with E-state index >= 15 is 0 Å². The molecule has 17 heavy (non-hydrogen) atoms. The highest BCUT2D eigenvalue weighted by Crippen LogP contribution is 2.14. The van der Waals surface area contributed by atoms with Gasteiger partial charge in [0.15, 0.2) is 6.29 Å². The Bertz CT molecular complexity index is 632. The van der Waals surface area contributed by atoms with Gasteiger partial charge in [-0.15, -0.1) is 0 Å². The SMILES string of the molecule is Cc1ccccc1-n1ccc(Cl)c(C=O)c1=O. The highest BCUT2D eigenvalue weighted by atomic mass is 35.5. The van der Waals surface area contributed by atoms with Crippen LogP contribution in [0.3, 0.4) is 0 Å². The molecule has 3 nitrogen and oxygen atoms in total. The van der Waals surface area contributed by atoms with E-state index in [0.29, 0.717) is 6.29 Å². The van der Waals surface area contributed by atoms with Crippen molar-refractivity contribution in [3.05, 3.63) is 63.0 Å². The summed E-state index contributed by atoms with van der Waals surface area (Å²) in [4.78, 5) is 22.8. The van der Waals surface area contributed by atoms with Crippen LogP contribution in [-0.4, -0.2) is 10.9 Å². The Balaban J connectivity index is 2.74. The minimum atomic E-state index is -0.401. The van der Waals surface area contributed by atoms with E-state index in [1.165, 1.54) is 4.57 Å². The number of carbonyl (C=O) groups excluding carboxylic acids is 1. The number of hydrogen-bond acceptors (Lipinski definition) is 2. The fraction of sp³-hybridized carbons (Fsp3) is 0.0769. The van der Waals surface area contributed by atoms with Crippen molar-refractivity contribution in [1.82, 2.24) is 4.57 Å². The van der Waals surface area contributed by atoms with Crippen molar-refractivity contribution in [3.8, 4) is 5.69 Å². The number of nitrogens with zero attached hydrogens (tertiary/aromatic N) is 1. The van der Waals surface area contributed by atoms with Crippen LogP contribution < -0.4 is 5.56 Å². The van der Waals surface area contributed by atoms with Crippen LogP contribution in [0.25, 0.3) is 5.69 Å². The van der Waals surface area contributed by atoms with E-state index in [4.69, 9.17) is 11.6 Å². The molecule has 0 amide bonds. The molecule has 1 aromatic heterocycles. The summed E-state index contributed by atoms with van der Waals surface area (Å²) in [5.41, 5.74) is 1.28. The lowest BCUT2D eigenvalue weighted by Crippen LogP contribution is -2.22. The standard InChI is InChI=1S/C13H10ClNO2/c1-9-4-2-3-5-12(9)15-7-6-11(14)10(8-16)13(15)17/h2-8H,1H3. The Hall–Kier alpha value is -1.87. The Morgan fingerprint density at radius 1 is 1.24 bits per heavy atom. The molecule has 0 saturated carbocycles. The maximum absolute atomic E-state index is 12.0. The summed E-state index contributed by atoms with van der Waals surface area (Å²) in [5, 5.41) is 0.176. The molecule has 0 bridgehead atoms. The maximum atomic E-state index is 12.0. The third kappa shape index (κ3) is 2.01. The summed E-state index contributed by atoms with van der Waals surface area (Å²) < 4.78 is 1.42. The third-order valence-corrected chi connectivity index (χ3v) is 2.90. The average molecular weight is 248 g/mol. The lowest BCUT2D eigenvalue weighted by molar-refractivity contribution is 0.112. The predicted molar refractivity (Wildman–Crippen MR) is 67.2 cm³/mol. The molecule has 0 spiro atoms. The van der Waals surface area contributed by atoms with Gasteiger partial charge in [-0.1, -0.05) is 29.8 Å². The van der Waals surface area contributed by atoms with Crippen molar-refractivity contribution in [2.75, 3.05) is 0 Å². The molecule has 0 unspecified atom stereocenters. The second-order valence-electron chi connectivity index (χ2n) is 3.66. The normalized spacial score (nSPS) is 10.2. The van der Waals surface area contributed by atoms with Gasteiger partial charge in [-0.05, 0) is 24.6 Å². The van der Waals surface area contributed by atoms with Crippen molar-refractivity contribution >= 4 is 17.9 Å². The number of halogens is 1. The van der Waals surface area contributed by atoms with Gasteiger partial charge < -0.3 is 0 Å². The Morgan fingerprint density at radius 3 is 2.59 bits per heavy atom. The Morgan fingerprint density at radius 2 is 1.94 bits per heavy atom. The molecule has 0 saturated heterocycles. The van der Waals surface area contributed by atoms with Crippen LogP contribution in [0.15, 0.2) is 41.3 Å². The van der Waals surface area contributed by atoms with Crippen LogP contribution >= 0.6 is 11.6 Å². The molecular formula is C13H10ClNO2. The second kappa shape index (κ2) is 4.55. The van der Waals surface area contributed by atoms with Crippen LogP contribution in [0.4, 0.5) is 0 Å². The molecule has 0 atom stereocenters. The van der Waals surface area contributed by atoms with Crippen LogP contribution in [-0.2, 0) is 0 Å². The maximum Gasteiger partial charge on any atom is 0.267 e. The van der Waals surface area contributed by atoms with Gasteiger partial charge in [0.25, 0.3) is 5.56 Å². The molecule has 2 rings (SSSR count). The van der Waals surface area contributed by atoms with Gasteiger partial charge in [-0.2, -0.15) is 0 Å². The van der Waals surface area contributed by atoms with E-state index in [0.717, 1.165) is 11.3 Å². The zero-order chi connectivity index (χ0) is 12.4. The molecule has 1 aromatic carbocycles. The topological polar surface area (TPSA) is 39.1 Å². The van der Waals surface area contributed by atoms with Crippen LogP contribution in [0.2, 0.25) is 5.02 Å². The number of aromatic nitrogens is 1. The lowest BCUT2D eigenvalue weighted by atomic mass is 10.2. The number of aryl methyl sites for hydroxylation is 1. The first-order valence-corrected chi connectivity index (χ1v) is 5.45. The molecule has 86 valence electrons. The minimum absolute atomic E-state index is 0.0163. The largest absolute Gasteiger partial charge is 0.298 e. The van der Waals surface area contributed by atoms with Gasteiger partial charge in [0.2, 0.25) is 0 Å². The number of pyridine rings is 1. The lowest BCUT2D eigenvalue weighted by Gasteiger charge is -2.09. The predicted octanol–water partition coefficient (Wildman–Crippen LogP) is 2.61. The van der Waals surface area contributed by atoms with E-state index in [9.17, 15) is 9.59 Å². The fourth-order valence-corrected chi connectivity index (χ4v) is 1.84. The van der Waals surface area contributed by atoms with Crippen molar-refractivity contribution in [1.29, 1.82) is 0 Å². The van der Waals surface area contributed by atoms with Crippen molar-refractivity contribution in [2.24, 2.45) is 0 Å². The van der Waals surface area contributed by atoms with E-state index < -0.39 is 5.56 Å². The first-order valence-electron chi connectivity index (χ1n) is 5.07. The average Bonchev–Trinajstić information content (AvgIpc) is 2.31. The smallest absolute Gasteiger partial charge is 0.267 e. The molecule has 0 radical (unpaired) electrons. The second-order valence-corrected chi connectivity index (χ2v) is 4.06. The number of rotatable bonds is 2. The van der Waals surface area contributed by atoms with Gasteiger partial charge in [0.1, 0.15) is 0 Å². The fourth-order valence-electron chi connectivity index (χ4n) is 1.66. The Kier molecular flexibility index (Phi) is 3.11. The van der Waals surface area contributed by atoms with Crippen molar-refractivity contribution < 1.29 is 4.79 Å². The zero-order valence-corrected chi connectivity index (χ0v) is 9.94. The van der Waals surface area contributed by atoms with Crippen LogP contribution in [0, 0.1) is 6.92 Å². The monoisotopic (exact) mass is 247 g/mol. The van der Waals surface area contributed by atoms with E-state index in [-0.39, 0.29) is 10.6 Å². The summed E-state index contributed by atoms with van der Waals surface area (Å²) in [5.74, 6) is 0. The summed E-state index contributed by atoms with van der Waals surface area (Å²) in [6.45, 7) is 1.90. The van der Waals surface area contributed by atoms with Gasteiger partial charge in [-0.3, -0.25) is 14.2 Å². The molecule has 1 heterocycles. The number of carbonyl (C=O) groups is 1. The molecule has 0 aliphatic rings. The van der Waals surface area contributed by atoms with Gasteiger partial charge >= 0.3 is 0 Å². The van der Waals surface area contributed by atoms with Gasteiger partial charge in [-0.25, -0.2) is 0 Å². The van der Waals surface area contributed by atoms with E-state index in [1.54, 1.807) is 12.3 Å². The highest BCUT2D eigenvalue weighted by molar-refractivity contribution is 6.32. The first-order chi connectivity index (χ1) is 8.15. The highest BCUT2D eigenvalue weighted by Gasteiger charge is 2.09. The summed E-state index contributed by atoms with van der Waals surface area (Å²) >= 11 is 5.78. The first kappa shape index (κ1) is 11.6. The molecule has 2 aromatic rings. The molecule has 0 aliphatic carbocycles. The summed E-state index contributed by atoms with van der Waals surface area (Å²) in [6.07, 6.45) is 2.05. The van der Waals surface area contributed by atoms with Gasteiger partial charge in [0, 0.05) is 6.20 Å². The minimum Gasteiger partial charge on any atom is -0.298 e. The molecular weight excluding hydrogens is 238 g/mol. The number of aldehydes is 1. The van der Waals surface area contributed by atoms with E-state index in [2.05, 4.69) is 0 Å². The zero-order valence-electron chi connectivity index (χ0n) is 9.18. The number of para-hydroxylation sites is 1. The number of benzene rings is 1. The molecule has 0 N–H and O–H groups in total. The molecule has 4 heteroatoms. The third-order valence-electron chi connectivity index (χ3n) is 2.57. The summed E-state index contributed by atoms with van der Waals surface area (Å²) in [7, 11) is 0. The molecule has 0 aliphatic heterocycles. The van der Waals surface area contributed by atoms with Crippen LogP contribution in [0.5, 0.6) is 0 Å². The Labute approximate surface area is 103 Å². The van der Waals surface area contributed by atoms with Crippen LogP contribution in [0.1, 0.15) is 15.9 Å². The van der Waals surface area contributed by atoms with Crippen molar-refractivity contribution in [2.45, 2.75) is 6.92 Å². The number of hydrogen-bond donors (Lipinski definition) is 0.